The topological polar surface area (TPSA) is 61.0 Å². The quantitative estimate of drug-likeness (QED) is 0.878. The molecule has 2 N–H and O–H groups in total. The summed E-state index contributed by atoms with van der Waals surface area (Å²) in [6.45, 7) is 1.58. The second kappa shape index (κ2) is 6.67. The number of H-pyrrole nitrogens is 1. The van der Waals surface area contributed by atoms with Crippen LogP contribution in [0.25, 0.3) is 11.3 Å². The smallest absolute Gasteiger partial charge is 0.267 e. The normalized spacial score (nSPS) is 10.8. The molecule has 20 heavy (non-hydrogen) atoms. The van der Waals surface area contributed by atoms with E-state index in [9.17, 15) is 4.79 Å². The van der Waals surface area contributed by atoms with Crippen LogP contribution in [0.15, 0.2) is 39.6 Å². The van der Waals surface area contributed by atoms with Gasteiger partial charge in [-0.05, 0) is 30.0 Å². The van der Waals surface area contributed by atoms with Crippen LogP contribution in [0.2, 0.25) is 0 Å². The summed E-state index contributed by atoms with van der Waals surface area (Å²) in [4.78, 5) is 21.2. The summed E-state index contributed by atoms with van der Waals surface area (Å²) in [5.74, 6) is 0.485. The fourth-order valence-electron chi connectivity index (χ4n) is 1.73. The van der Waals surface area contributed by atoms with Crippen molar-refractivity contribution in [2.45, 2.75) is 0 Å². The fourth-order valence-corrected chi connectivity index (χ4v) is 2.14. The molecule has 0 fully saturated rings. The van der Waals surface area contributed by atoms with Crippen molar-refractivity contribution in [2.75, 3.05) is 32.5 Å². The Morgan fingerprint density at radius 3 is 2.65 bits per heavy atom. The SMILES string of the molecule is CN(C)CCNc1nc(-c2ccccc2)c(Br)c(=O)[nH]1. The maximum absolute atomic E-state index is 11.9. The Morgan fingerprint density at radius 2 is 2.00 bits per heavy atom. The molecule has 106 valence electrons. The molecule has 0 aliphatic heterocycles. The molecule has 0 saturated heterocycles. The Labute approximate surface area is 126 Å². The Kier molecular flexibility index (Phi) is 4.92. The van der Waals surface area contributed by atoms with Crippen molar-refractivity contribution in [1.82, 2.24) is 14.9 Å². The van der Waals surface area contributed by atoms with E-state index in [1.807, 2.05) is 44.4 Å². The first-order valence-electron chi connectivity index (χ1n) is 6.32. The third-order valence-electron chi connectivity index (χ3n) is 2.76. The third kappa shape index (κ3) is 3.68. The van der Waals surface area contributed by atoms with E-state index in [-0.39, 0.29) is 5.56 Å². The summed E-state index contributed by atoms with van der Waals surface area (Å²) in [5.41, 5.74) is 1.36. The van der Waals surface area contributed by atoms with Crippen LogP contribution >= 0.6 is 15.9 Å². The largest absolute Gasteiger partial charge is 0.354 e. The maximum atomic E-state index is 11.9. The zero-order valence-corrected chi connectivity index (χ0v) is 13.1. The van der Waals surface area contributed by atoms with Crippen LogP contribution in [0, 0.1) is 0 Å². The molecule has 5 nitrogen and oxygen atoms in total. The van der Waals surface area contributed by atoms with Crippen LogP contribution in [-0.4, -0.2) is 42.1 Å². The number of hydrogen-bond acceptors (Lipinski definition) is 4. The second-order valence-corrected chi connectivity index (χ2v) is 5.47. The highest BCUT2D eigenvalue weighted by atomic mass is 79.9. The molecule has 1 aromatic heterocycles. The van der Waals surface area contributed by atoms with Gasteiger partial charge in [-0.3, -0.25) is 9.78 Å². The Morgan fingerprint density at radius 1 is 1.30 bits per heavy atom. The third-order valence-corrected chi connectivity index (χ3v) is 3.50. The van der Waals surface area contributed by atoms with Crippen LogP contribution in [0.5, 0.6) is 0 Å². The monoisotopic (exact) mass is 336 g/mol. The van der Waals surface area contributed by atoms with Crippen molar-refractivity contribution in [3.8, 4) is 11.3 Å². The Bertz CT molecular complexity index is 625. The number of anilines is 1. The highest BCUT2D eigenvalue weighted by Gasteiger charge is 2.10. The van der Waals surface area contributed by atoms with E-state index in [0.29, 0.717) is 22.7 Å². The minimum atomic E-state index is -0.189. The second-order valence-electron chi connectivity index (χ2n) is 4.67. The van der Waals surface area contributed by atoms with Crippen molar-refractivity contribution in [3.05, 3.63) is 45.2 Å². The molecule has 0 bridgehead atoms. The number of aromatic nitrogens is 2. The first-order chi connectivity index (χ1) is 9.58. The van der Waals surface area contributed by atoms with Crippen LogP contribution in [-0.2, 0) is 0 Å². The van der Waals surface area contributed by atoms with Gasteiger partial charge in [-0.2, -0.15) is 0 Å². The zero-order valence-electron chi connectivity index (χ0n) is 11.5. The molecule has 2 rings (SSSR count). The van der Waals surface area contributed by atoms with Gasteiger partial charge in [0.1, 0.15) is 4.47 Å². The van der Waals surface area contributed by atoms with Crippen molar-refractivity contribution in [2.24, 2.45) is 0 Å². The molecule has 0 amide bonds. The van der Waals surface area contributed by atoms with Crippen LogP contribution in [0.4, 0.5) is 5.95 Å². The number of likely N-dealkylation sites (N-methyl/N-ethyl adjacent to an activating group) is 1. The molecule has 2 aromatic rings. The van der Waals surface area contributed by atoms with E-state index in [0.717, 1.165) is 12.1 Å². The number of benzene rings is 1. The van der Waals surface area contributed by atoms with Crippen molar-refractivity contribution < 1.29 is 0 Å². The summed E-state index contributed by atoms with van der Waals surface area (Å²) in [6, 6.07) is 9.63. The number of aromatic amines is 1. The number of nitrogens with zero attached hydrogens (tertiary/aromatic N) is 2. The van der Waals surface area contributed by atoms with Gasteiger partial charge in [0.15, 0.2) is 0 Å². The molecule has 6 heteroatoms. The minimum Gasteiger partial charge on any atom is -0.354 e. The number of halogens is 1. The molecule has 0 spiro atoms. The average molecular weight is 337 g/mol. The van der Waals surface area contributed by atoms with Gasteiger partial charge >= 0.3 is 0 Å². The molecule has 1 heterocycles. The average Bonchev–Trinajstić information content (AvgIpc) is 2.43. The van der Waals surface area contributed by atoms with E-state index >= 15 is 0 Å². The summed E-state index contributed by atoms with van der Waals surface area (Å²) in [5, 5.41) is 3.13. The molecule has 0 aliphatic carbocycles. The lowest BCUT2D eigenvalue weighted by molar-refractivity contribution is 0.425. The first kappa shape index (κ1) is 14.7. The van der Waals surface area contributed by atoms with Crippen molar-refractivity contribution in [1.29, 1.82) is 0 Å². The van der Waals surface area contributed by atoms with Gasteiger partial charge in [0.25, 0.3) is 5.56 Å². The first-order valence-corrected chi connectivity index (χ1v) is 7.11. The lowest BCUT2D eigenvalue weighted by atomic mass is 10.1. The van der Waals surface area contributed by atoms with Gasteiger partial charge in [0, 0.05) is 18.7 Å². The molecule has 0 saturated carbocycles. The molecule has 0 atom stereocenters. The highest BCUT2D eigenvalue weighted by molar-refractivity contribution is 9.10. The minimum absolute atomic E-state index is 0.189. The lowest BCUT2D eigenvalue weighted by Gasteiger charge is -2.12. The number of hydrogen-bond donors (Lipinski definition) is 2. The molecule has 0 unspecified atom stereocenters. The van der Waals surface area contributed by atoms with Gasteiger partial charge in [-0.25, -0.2) is 4.98 Å². The summed E-state index contributed by atoms with van der Waals surface area (Å²) in [6.07, 6.45) is 0. The summed E-state index contributed by atoms with van der Waals surface area (Å²) < 4.78 is 0.446. The predicted molar refractivity (Wildman–Crippen MR) is 85.0 cm³/mol. The summed E-state index contributed by atoms with van der Waals surface area (Å²) in [7, 11) is 3.99. The molecule has 0 aliphatic rings. The summed E-state index contributed by atoms with van der Waals surface area (Å²) >= 11 is 3.30. The van der Waals surface area contributed by atoms with E-state index < -0.39 is 0 Å². The Hall–Kier alpha value is -1.66. The molecular formula is C14H17BrN4O. The standard InChI is InChI=1S/C14H17BrN4O/c1-19(2)9-8-16-14-17-12(11(15)13(20)18-14)10-6-4-3-5-7-10/h3-7H,8-9H2,1-2H3,(H2,16,17,18,20). The van der Waals surface area contributed by atoms with Gasteiger partial charge in [-0.1, -0.05) is 30.3 Å². The van der Waals surface area contributed by atoms with Gasteiger partial charge in [0.05, 0.1) is 5.69 Å². The zero-order chi connectivity index (χ0) is 14.5. The van der Waals surface area contributed by atoms with E-state index in [1.54, 1.807) is 0 Å². The number of nitrogens with one attached hydrogen (secondary N) is 2. The van der Waals surface area contributed by atoms with E-state index in [2.05, 4.69) is 36.1 Å². The van der Waals surface area contributed by atoms with Gasteiger partial charge in [0.2, 0.25) is 5.95 Å². The van der Waals surface area contributed by atoms with Crippen LogP contribution in [0.3, 0.4) is 0 Å². The Balaban J connectivity index is 2.29. The molecule has 1 aromatic carbocycles. The van der Waals surface area contributed by atoms with Crippen molar-refractivity contribution in [3.63, 3.8) is 0 Å². The van der Waals surface area contributed by atoms with E-state index in [4.69, 9.17) is 0 Å². The van der Waals surface area contributed by atoms with Gasteiger partial charge < -0.3 is 10.2 Å². The predicted octanol–water partition coefficient (Wildman–Crippen LogP) is 2.17. The maximum Gasteiger partial charge on any atom is 0.267 e. The molecular weight excluding hydrogens is 320 g/mol. The van der Waals surface area contributed by atoms with E-state index in [1.165, 1.54) is 0 Å². The fraction of sp³-hybridized carbons (Fsp3) is 0.286. The van der Waals surface area contributed by atoms with Crippen molar-refractivity contribution >= 4 is 21.9 Å². The van der Waals surface area contributed by atoms with Crippen LogP contribution in [0.1, 0.15) is 0 Å². The lowest BCUT2D eigenvalue weighted by Crippen LogP contribution is -2.23. The molecule has 0 radical (unpaired) electrons. The number of rotatable bonds is 5. The van der Waals surface area contributed by atoms with Crippen LogP contribution < -0.4 is 10.9 Å². The van der Waals surface area contributed by atoms with Gasteiger partial charge in [-0.15, -0.1) is 0 Å². The highest BCUT2D eigenvalue weighted by Crippen LogP contribution is 2.23.